The first kappa shape index (κ1) is 20.7. The first-order valence-electron chi connectivity index (χ1n) is 8.90. The van der Waals surface area contributed by atoms with Gasteiger partial charge in [0, 0.05) is 5.56 Å². The van der Waals surface area contributed by atoms with E-state index in [1.807, 2.05) is 12.1 Å². The van der Waals surface area contributed by atoms with Crippen LogP contribution in [0.4, 0.5) is 4.39 Å². The number of imide groups is 1. The van der Waals surface area contributed by atoms with Crippen molar-refractivity contribution in [2.45, 2.75) is 31.4 Å². The number of nitrogens with zero attached hydrogens (tertiary/aromatic N) is 2. The van der Waals surface area contributed by atoms with Gasteiger partial charge in [0.2, 0.25) is 5.91 Å². The highest BCUT2D eigenvalue weighted by Gasteiger charge is 2.17. The average Bonchev–Trinajstić information content (AvgIpc) is 3.15. The predicted molar refractivity (Wildman–Crippen MR) is 108 cm³/mol. The van der Waals surface area contributed by atoms with Crippen molar-refractivity contribution < 1.29 is 18.4 Å². The van der Waals surface area contributed by atoms with E-state index in [1.165, 1.54) is 12.1 Å². The molecule has 0 aliphatic heterocycles. The van der Waals surface area contributed by atoms with Crippen LogP contribution in [0.25, 0.3) is 11.5 Å². The van der Waals surface area contributed by atoms with E-state index < -0.39 is 17.6 Å². The lowest BCUT2D eigenvalue weighted by Crippen LogP contribution is -2.31. The summed E-state index contributed by atoms with van der Waals surface area (Å²) in [5.74, 6) is -1.52. The van der Waals surface area contributed by atoms with Gasteiger partial charge in [-0.15, -0.1) is 10.2 Å². The van der Waals surface area contributed by atoms with E-state index in [-0.39, 0.29) is 27.8 Å². The highest BCUT2D eigenvalue weighted by molar-refractivity contribution is 7.99. The highest BCUT2D eigenvalue weighted by Crippen LogP contribution is 2.25. The van der Waals surface area contributed by atoms with Gasteiger partial charge in [-0.1, -0.05) is 56.8 Å². The summed E-state index contributed by atoms with van der Waals surface area (Å²) in [6.07, 6.45) is 0. The smallest absolute Gasteiger partial charge is 0.277 e. The standard InChI is InChI=1S/C21H20FN3O3S/c1-21(2,3)14-10-8-13(9-11-14)18(27)23-17(26)12-29-20-25-24-19(28-20)15-6-4-5-7-16(15)22/h4-11H,12H2,1-3H3,(H,23,26,27). The fraction of sp³-hybridized carbons (Fsp3) is 0.238. The summed E-state index contributed by atoms with van der Waals surface area (Å²) in [4.78, 5) is 24.3. The summed E-state index contributed by atoms with van der Waals surface area (Å²) in [7, 11) is 0. The minimum absolute atomic E-state index is 0.0208. The second kappa shape index (κ2) is 8.57. The molecule has 8 heteroatoms. The Bertz CT molecular complexity index is 1030. The van der Waals surface area contributed by atoms with Crippen LogP contribution in [0.15, 0.2) is 58.2 Å². The number of amides is 2. The molecule has 0 fully saturated rings. The van der Waals surface area contributed by atoms with Crippen molar-refractivity contribution >= 4 is 23.6 Å². The Kier molecular flexibility index (Phi) is 6.12. The topological polar surface area (TPSA) is 85.1 Å². The second-order valence-electron chi connectivity index (χ2n) is 7.35. The molecular formula is C21H20FN3O3S. The summed E-state index contributed by atoms with van der Waals surface area (Å²) in [6, 6.07) is 13.1. The van der Waals surface area contributed by atoms with Gasteiger partial charge in [0.1, 0.15) is 5.82 Å². The van der Waals surface area contributed by atoms with Gasteiger partial charge in [-0.2, -0.15) is 0 Å². The molecule has 29 heavy (non-hydrogen) atoms. The van der Waals surface area contributed by atoms with Crippen molar-refractivity contribution in [2.75, 3.05) is 5.75 Å². The van der Waals surface area contributed by atoms with Gasteiger partial charge in [-0.05, 0) is 35.2 Å². The van der Waals surface area contributed by atoms with E-state index in [0.29, 0.717) is 5.56 Å². The first-order valence-corrected chi connectivity index (χ1v) is 9.88. The molecule has 0 atom stereocenters. The van der Waals surface area contributed by atoms with Gasteiger partial charge in [0.05, 0.1) is 11.3 Å². The number of hydrogen-bond acceptors (Lipinski definition) is 6. The average molecular weight is 413 g/mol. The van der Waals surface area contributed by atoms with Crippen LogP contribution >= 0.6 is 11.8 Å². The molecule has 0 bridgehead atoms. The molecule has 1 heterocycles. The van der Waals surface area contributed by atoms with Gasteiger partial charge in [-0.25, -0.2) is 4.39 Å². The Morgan fingerprint density at radius 2 is 1.76 bits per heavy atom. The van der Waals surface area contributed by atoms with Crippen molar-refractivity contribution in [3.8, 4) is 11.5 Å². The Morgan fingerprint density at radius 1 is 1.07 bits per heavy atom. The predicted octanol–water partition coefficient (Wildman–Crippen LogP) is 4.22. The summed E-state index contributed by atoms with van der Waals surface area (Å²) < 4.78 is 19.1. The van der Waals surface area contributed by atoms with E-state index in [4.69, 9.17) is 4.42 Å². The number of carbonyl (C=O) groups excluding carboxylic acids is 2. The molecule has 0 saturated heterocycles. The number of aromatic nitrogens is 2. The van der Waals surface area contributed by atoms with Gasteiger partial charge in [-0.3, -0.25) is 14.9 Å². The SMILES string of the molecule is CC(C)(C)c1ccc(C(=O)NC(=O)CSc2nnc(-c3ccccc3F)o2)cc1. The number of rotatable bonds is 5. The third kappa shape index (κ3) is 5.29. The van der Waals surface area contributed by atoms with E-state index >= 15 is 0 Å². The lowest BCUT2D eigenvalue weighted by atomic mass is 9.87. The Balaban J connectivity index is 1.55. The second-order valence-corrected chi connectivity index (χ2v) is 8.27. The molecule has 0 unspecified atom stereocenters. The molecule has 0 aliphatic rings. The molecule has 1 N–H and O–H groups in total. The van der Waals surface area contributed by atoms with Gasteiger partial charge >= 0.3 is 0 Å². The van der Waals surface area contributed by atoms with Crippen LogP contribution in [0.5, 0.6) is 0 Å². The zero-order chi connectivity index (χ0) is 21.0. The maximum atomic E-state index is 13.8. The Hall–Kier alpha value is -3.00. The van der Waals surface area contributed by atoms with Crippen molar-refractivity contribution in [1.82, 2.24) is 15.5 Å². The molecule has 150 valence electrons. The molecule has 0 saturated carbocycles. The molecule has 3 rings (SSSR count). The van der Waals surface area contributed by atoms with Crippen LogP contribution in [0.2, 0.25) is 0 Å². The van der Waals surface area contributed by atoms with Crippen molar-refractivity contribution in [1.29, 1.82) is 0 Å². The lowest BCUT2D eigenvalue weighted by Gasteiger charge is -2.18. The Labute approximate surface area is 171 Å². The molecule has 1 aromatic heterocycles. The summed E-state index contributed by atoms with van der Waals surface area (Å²) >= 11 is 0.966. The number of carbonyl (C=O) groups is 2. The molecule has 2 amide bonds. The van der Waals surface area contributed by atoms with Crippen molar-refractivity contribution in [3.05, 3.63) is 65.5 Å². The van der Waals surface area contributed by atoms with Crippen LogP contribution in [0, 0.1) is 5.82 Å². The minimum Gasteiger partial charge on any atom is -0.411 e. The van der Waals surface area contributed by atoms with E-state index in [9.17, 15) is 14.0 Å². The highest BCUT2D eigenvalue weighted by atomic mass is 32.2. The Morgan fingerprint density at radius 3 is 2.41 bits per heavy atom. The fourth-order valence-electron chi connectivity index (χ4n) is 2.50. The fourth-order valence-corrected chi connectivity index (χ4v) is 3.06. The third-order valence-electron chi connectivity index (χ3n) is 4.10. The van der Waals surface area contributed by atoms with Gasteiger partial charge in [0.25, 0.3) is 17.0 Å². The lowest BCUT2D eigenvalue weighted by molar-refractivity contribution is -0.117. The normalized spacial score (nSPS) is 11.3. The number of nitrogens with one attached hydrogen (secondary N) is 1. The van der Waals surface area contributed by atoms with Gasteiger partial charge < -0.3 is 4.42 Å². The molecule has 0 spiro atoms. The van der Waals surface area contributed by atoms with Crippen LogP contribution in [-0.2, 0) is 10.2 Å². The van der Waals surface area contributed by atoms with Crippen LogP contribution in [0.1, 0.15) is 36.7 Å². The summed E-state index contributed by atoms with van der Waals surface area (Å²) in [5, 5.41) is 10.0. The monoisotopic (exact) mass is 413 g/mol. The maximum Gasteiger partial charge on any atom is 0.277 e. The molecule has 6 nitrogen and oxygen atoms in total. The third-order valence-corrected chi connectivity index (χ3v) is 4.92. The van der Waals surface area contributed by atoms with Crippen LogP contribution in [-0.4, -0.2) is 27.8 Å². The van der Waals surface area contributed by atoms with E-state index in [1.54, 1.807) is 24.3 Å². The number of halogens is 1. The quantitative estimate of drug-likeness (QED) is 0.631. The number of benzene rings is 2. The molecule has 3 aromatic rings. The largest absolute Gasteiger partial charge is 0.411 e. The summed E-state index contributed by atoms with van der Waals surface area (Å²) in [5.41, 5.74) is 1.66. The van der Waals surface area contributed by atoms with E-state index in [2.05, 4.69) is 36.3 Å². The van der Waals surface area contributed by atoms with E-state index in [0.717, 1.165) is 17.3 Å². The van der Waals surface area contributed by atoms with Gasteiger partial charge in [0.15, 0.2) is 0 Å². The molecule has 2 aromatic carbocycles. The number of hydrogen-bond donors (Lipinski definition) is 1. The molecular weight excluding hydrogens is 393 g/mol. The molecule has 0 aliphatic carbocycles. The number of thioether (sulfide) groups is 1. The molecule has 0 radical (unpaired) electrons. The zero-order valence-electron chi connectivity index (χ0n) is 16.2. The van der Waals surface area contributed by atoms with Crippen LogP contribution < -0.4 is 5.32 Å². The maximum absolute atomic E-state index is 13.8. The minimum atomic E-state index is -0.495. The first-order chi connectivity index (χ1) is 13.7. The van der Waals surface area contributed by atoms with Crippen molar-refractivity contribution in [3.63, 3.8) is 0 Å². The zero-order valence-corrected chi connectivity index (χ0v) is 17.0. The summed E-state index contributed by atoms with van der Waals surface area (Å²) in [6.45, 7) is 6.24. The van der Waals surface area contributed by atoms with Crippen LogP contribution in [0.3, 0.4) is 0 Å². The van der Waals surface area contributed by atoms with Crippen molar-refractivity contribution in [2.24, 2.45) is 0 Å².